The fourth-order valence-electron chi connectivity index (χ4n) is 1.45. The highest BCUT2D eigenvalue weighted by molar-refractivity contribution is 6.18. The van der Waals surface area contributed by atoms with Crippen LogP contribution in [0.2, 0.25) is 0 Å². The molecule has 0 heterocycles. The molecule has 88 valence electrons. The van der Waals surface area contributed by atoms with Crippen LogP contribution in [0.3, 0.4) is 0 Å². The van der Waals surface area contributed by atoms with Gasteiger partial charge in [0.2, 0.25) is 5.91 Å². The number of hydrogen-bond donors (Lipinski definition) is 0. The van der Waals surface area contributed by atoms with Crippen LogP contribution in [0.15, 0.2) is 24.3 Å². The highest BCUT2D eigenvalue weighted by atomic mass is 35.5. The number of alkyl halides is 1. The van der Waals surface area contributed by atoms with E-state index < -0.39 is 0 Å². The van der Waals surface area contributed by atoms with Crippen LogP contribution in [0.25, 0.3) is 0 Å². The highest BCUT2D eigenvalue weighted by Gasteiger charge is 2.15. The number of nitrogens with zero attached hydrogens (tertiary/aromatic N) is 1. The van der Waals surface area contributed by atoms with E-state index in [-0.39, 0.29) is 11.9 Å². The van der Waals surface area contributed by atoms with Crippen molar-refractivity contribution in [2.75, 3.05) is 12.9 Å². The van der Waals surface area contributed by atoms with Gasteiger partial charge >= 0.3 is 0 Å². The molecule has 0 saturated heterocycles. The van der Waals surface area contributed by atoms with Crippen molar-refractivity contribution >= 4 is 17.5 Å². The standard InChI is InChI=1S/C13H18ClNO/c1-10-6-4-5-7-12(10)8-13(16)15(3)11(2)9-14/h4-7,11H,8-9H2,1-3H3. The molecule has 0 aliphatic carbocycles. The molecule has 1 amide bonds. The van der Waals surface area contributed by atoms with Crippen molar-refractivity contribution in [2.45, 2.75) is 26.3 Å². The van der Waals surface area contributed by atoms with Crippen molar-refractivity contribution in [3.8, 4) is 0 Å². The summed E-state index contributed by atoms with van der Waals surface area (Å²) in [4.78, 5) is 13.6. The van der Waals surface area contributed by atoms with Gasteiger partial charge in [0.1, 0.15) is 0 Å². The average molecular weight is 240 g/mol. The van der Waals surface area contributed by atoms with Gasteiger partial charge in [-0.05, 0) is 25.0 Å². The first-order valence-electron chi connectivity index (χ1n) is 5.42. The SMILES string of the molecule is Cc1ccccc1CC(=O)N(C)C(C)CCl. The van der Waals surface area contributed by atoms with Gasteiger partial charge in [0.25, 0.3) is 0 Å². The third-order valence-electron chi connectivity index (χ3n) is 2.88. The third-order valence-corrected chi connectivity index (χ3v) is 3.33. The van der Waals surface area contributed by atoms with E-state index in [2.05, 4.69) is 0 Å². The Morgan fingerprint density at radius 3 is 2.62 bits per heavy atom. The van der Waals surface area contributed by atoms with Crippen molar-refractivity contribution < 1.29 is 4.79 Å². The number of halogens is 1. The van der Waals surface area contributed by atoms with Crippen LogP contribution in [0, 0.1) is 6.92 Å². The zero-order valence-electron chi connectivity index (χ0n) is 10.0. The Balaban J connectivity index is 2.68. The molecule has 1 rings (SSSR count). The van der Waals surface area contributed by atoms with Crippen molar-refractivity contribution in [3.05, 3.63) is 35.4 Å². The quantitative estimate of drug-likeness (QED) is 0.740. The lowest BCUT2D eigenvalue weighted by molar-refractivity contribution is -0.130. The fraction of sp³-hybridized carbons (Fsp3) is 0.462. The molecule has 0 spiro atoms. The number of hydrogen-bond acceptors (Lipinski definition) is 1. The molecule has 0 aromatic heterocycles. The molecule has 0 N–H and O–H groups in total. The molecule has 0 bridgehead atoms. The van der Waals surface area contributed by atoms with Crippen LogP contribution in [-0.2, 0) is 11.2 Å². The lowest BCUT2D eigenvalue weighted by Gasteiger charge is -2.23. The predicted octanol–water partition coefficient (Wildman–Crippen LogP) is 2.62. The maximum absolute atomic E-state index is 11.9. The molecule has 1 aromatic rings. The van der Waals surface area contributed by atoms with Gasteiger partial charge < -0.3 is 4.90 Å². The minimum atomic E-state index is 0.0817. The molecule has 3 heteroatoms. The van der Waals surface area contributed by atoms with Crippen molar-refractivity contribution in [1.82, 2.24) is 4.90 Å². The molecule has 1 aromatic carbocycles. The first-order valence-corrected chi connectivity index (χ1v) is 5.95. The lowest BCUT2D eigenvalue weighted by atomic mass is 10.1. The third kappa shape index (κ3) is 3.24. The zero-order valence-corrected chi connectivity index (χ0v) is 10.8. The van der Waals surface area contributed by atoms with Crippen LogP contribution in [-0.4, -0.2) is 29.8 Å². The molecule has 2 nitrogen and oxygen atoms in total. The first kappa shape index (κ1) is 13.0. The van der Waals surface area contributed by atoms with E-state index in [0.29, 0.717) is 12.3 Å². The van der Waals surface area contributed by atoms with Crippen molar-refractivity contribution in [2.24, 2.45) is 0 Å². The average Bonchev–Trinajstić information content (AvgIpc) is 2.30. The van der Waals surface area contributed by atoms with Gasteiger partial charge in [-0.2, -0.15) is 0 Å². The molecular weight excluding hydrogens is 222 g/mol. The zero-order chi connectivity index (χ0) is 12.1. The van der Waals surface area contributed by atoms with Gasteiger partial charge in [-0.15, -0.1) is 11.6 Å². The van der Waals surface area contributed by atoms with Gasteiger partial charge in [0, 0.05) is 19.0 Å². The summed E-state index contributed by atoms with van der Waals surface area (Å²) in [5.41, 5.74) is 2.24. The maximum atomic E-state index is 11.9. The highest BCUT2D eigenvalue weighted by Crippen LogP contribution is 2.10. The van der Waals surface area contributed by atoms with E-state index in [4.69, 9.17) is 11.6 Å². The van der Waals surface area contributed by atoms with Gasteiger partial charge in [0.05, 0.1) is 6.42 Å². The van der Waals surface area contributed by atoms with E-state index in [9.17, 15) is 4.79 Å². The van der Waals surface area contributed by atoms with Crippen LogP contribution >= 0.6 is 11.6 Å². The van der Waals surface area contributed by atoms with Crippen LogP contribution in [0.5, 0.6) is 0 Å². The molecule has 16 heavy (non-hydrogen) atoms. The van der Waals surface area contributed by atoms with E-state index in [0.717, 1.165) is 11.1 Å². The molecular formula is C13H18ClNO. The molecule has 1 unspecified atom stereocenters. The Kier molecular flexibility index (Phi) is 4.81. The number of amides is 1. The summed E-state index contributed by atoms with van der Waals surface area (Å²) in [6.45, 7) is 3.97. The summed E-state index contributed by atoms with van der Waals surface area (Å²) in [6, 6.07) is 8.04. The van der Waals surface area contributed by atoms with Crippen molar-refractivity contribution in [1.29, 1.82) is 0 Å². The molecule has 0 radical (unpaired) electrons. The molecule has 1 atom stereocenters. The molecule has 0 saturated carbocycles. The van der Waals surface area contributed by atoms with Gasteiger partial charge in [-0.3, -0.25) is 4.79 Å². The lowest BCUT2D eigenvalue weighted by Crippen LogP contribution is -2.37. The summed E-state index contributed by atoms with van der Waals surface area (Å²) >= 11 is 5.73. The Morgan fingerprint density at radius 1 is 1.44 bits per heavy atom. The Morgan fingerprint density at radius 2 is 2.06 bits per heavy atom. The number of benzene rings is 1. The minimum absolute atomic E-state index is 0.0817. The Hall–Kier alpha value is -1.02. The summed E-state index contributed by atoms with van der Waals surface area (Å²) in [5.74, 6) is 0.582. The molecule has 0 fully saturated rings. The smallest absolute Gasteiger partial charge is 0.227 e. The summed E-state index contributed by atoms with van der Waals surface area (Å²) in [5, 5.41) is 0. The summed E-state index contributed by atoms with van der Waals surface area (Å²) < 4.78 is 0. The van der Waals surface area contributed by atoms with Crippen LogP contribution < -0.4 is 0 Å². The maximum Gasteiger partial charge on any atom is 0.227 e. The summed E-state index contributed by atoms with van der Waals surface area (Å²) in [6.07, 6.45) is 0.449. The van der Waals surface area contributed by atoms with Gasteiger partial charge in [-0.1, -0.05) is 24.3 Å². The second-order valence-corrected chi connectivity index (χ2v) is 4.42. The largest absolute Gasteiger partial charge is 0.342 e. The summed E-state index contributed by atoms with van der Waals surface area (Å²) in [7, 11) is 1.80. The van der Waals surface area contributed by atoms with E-state index in [1.807, 2.05) is 38.1 Å². The predicted molar refractivity (Wildman–Crippen MR) is 67.8 cm³/mol. The first-order chi connectivity index (χ1) is 7.56. The van der Waals surface area contributed by atoms with Gasteiger partial charge in [-0.25, -0.2) is 0 Å². The number of aryl methyl sites for hydroxylation is 1. The number of carbonyl (C=O) groups excluding carboxylic acids is 1. The van der Waals surface area contributed by atoms with E-state index >= 15 is 0 Å². The monoisotopic (exact) mass is 239 g/mol. The normalized spacial score (nSPS) is 12.2. The number of likely N-dealkylation sites (N-methyl/N-ethyl adjacent to an activating group) is 1. The van der Waals surface area contributed by atoms with Crippen LogP contribution in [0.1, 0.15) is 18.1 Å². The second-order valence-electron chi connectivity index (χ2n) is 4.11. The van der Waals surface area contributed by atoms with Crippen molar-refractivity contribution in [3.63, 3.8) is 0 Å². The topological polar surface area (TPSA) is 20.3 Å². The number of carbonyl (C=O) groups is 1. The van der Waals surface area contributed by atoms with E-state index in [1.165, 1.54) is 0 Å². The van der Waals surface area contributed by atoms with E-state index in [1.54, 1.807) is 11.9 Å². The molecule has 0 aliphatic heterocycles. The fourth-order valence-corrected chi connectivity index (χ4v) is 1.65. The Bertz CT molecular complexity index is 365. The van der Waals surface area contributed by atoms with Crippen LogP contribution in [0.4, 0.5) is 0 Å². The minimum Gasteiger partial charge on any atom is -0.342 e. The number of rotatable bonds is 4. The Labute approximate surface area is 102 Å². The second kappa shape index (κ2) is 5.90. The molecule has 0 aliphatic rings. The van der Waals surface area contributed by atoms with Gasteiger partial charge in [0.15, 0.2) is 0 Å².